The molecule has 0 heterocycles. The fraction of sp³-hybridized carbons (Fsp3) is 0.273. The van der Waals surface area contributed by atoms with E-state index < -0.39 is 11.7 Å². The summed E-state index contributed by atoms with van der Waals surface area (Å²) in [5.74, 6) is -1.06. The Labute approximate surface area is 83.1 Å². The van der Waals surface area contributed by atoms with Crippen molar-refractivity contribution in [3.63, 3.8) is 0 Å². The van der Waals surface area contributed by atoms with Gasteiger partial charge in [-0.15, -0.1) is 0 Å². The third-order valence-electron chi connectivity index (χ3n) is 2.08. The summed E-state index contributed by atoms with van der Waals surface area (Å²) >= 11 is 0. The Balaban J connectivity index is 2.83. The summed E-state index contributed by atoms with van der Waals surface area (Å²) in [7, 11) is 0. The standard InChI is InChI=1S/C11H13NO2/c1-7-4-5-10(6-8(7)2)12-11(14)9(3)13/h4-6H,1-3H3,(H,12,14). The zero-order valence-corrected chi connectivity index (χ0v) is 8.55. The SMILES string of the molecule is CC(=O)C(=O)Nc1ccc(C)c(C)c1. The van der Waals surface area contributed by atoms with Gasteiger partial charge in [0.25, 0.3) is 5.91 Å². The summed E-state index contributed by atoms with van der Waals surface area (Å²) in [5.41, 5.74) is 2.91. The molecule has 74 valence electrons. The Morgan fingerprint density at radius 1 is 1.14 bits per heavy atom. The first-order valence-corrected chi connectivity index (χ1v) is 4.40. The van der Waals surface area contributed by atoms with Crippen LogP contribution in [0.3, 0.4) is 0 Å². The molecule has 0 atom stereocenters. The van der Waals surface area contributed by atoms with Crippen LogP contribution in [-0.4, -0.2) is 11.7 Å². The van der Waals surface area contributed by atoms with Crippen molar-refractivity contribution in [2.75, 3.05) is 5.32 Å². The zero-order valence-electron chi connectivity index (χ0n) is 8.55. The van der Waals surface area contributed by atoms with Crippen molar-refractivity contribution in [3.05, 3.63) is 29.3 Å². The molecule has 3 heteroatoms. The minimum absolute atomic E-state index is 0.483. The van der Waals surface area contributed by atoms with E-state index >= 15 is 0 Å². The summed E-state index contributed by atoms with van der Waals surface area (Å²) in [6, 6.07) is 5.53. The number of hydrogen-bond donors (Lipinski definition) is 1. The van der Waals surface area contributed by atoms with Gasteiger partial charge in [-0.05, 0) is 37.1 Å². The molecule has 1 amide bonds. The monoisotopic (exact) mass is 191 g/mol. The molecule has 0 saturated heterocycles. The quantitative estimate of drug-likeness (QED) is 0.725. The van der Waals surface area contributed by atoms with Gasteiger partial charge >= 0.3 is 0 Å². The van der Waals surface area contributed by atoms with Gasteiger partial charge in [0.15, 0.2) is 0 Å². The highest BCUT2D eigenvalue weighted by Gasteiger charge is 2.07. The van der Waals surface area contributed by atoms with E-state index in [4.69, 9.17) is 0 Å². The van der Waals surface area contributed by atoms with Gasteiger partial charge in [0.05, 0.1) is 0 Å². The van der Waals surface area contributed by atoms with Crippen molar-refractivity contribution in [2.45, 2.75) is 20.8 Å². The van der Waals surface area contributed by atoms with E-state index in [1.807, 2.05) is 26.0 Å². The number of carbonyl (C=O) groups excluding carboxylic acids is 2. The predicted molar refractivity (Wildman–Crippen MR) is 55.2 cm³/mol. The molecule has 1 aromatic rings. The van der Waals surface area contributed by atoms with Gasteiger partial charge in [0, 0.05) is 12.6 Å². The smallest absolute Gasteiger partial charge is 0.291 e. The van der Waals surface area contributed by atoms with Crippen molar-refractivity contribution in [3.8, 4) is 0 Å². The lowest BCUT2D eigenvalue weighted by atomic mass is 10.1. The fourth-order valence-corrected chi connectivity index (χ4v) is 1.04. The predicted octanol–water partition coefficient (Wildman–Crippen LogP) is 1.83. The van der Waals surface area contributed by atoms with E-state index in [1.165, 1.54) is 6.92 Å². The highest BCUT2D eigenvalue weighted by molar-refractivity contribution is 6.39. The van der Waals surface area contributed by atoms with Crippen LogP contribution in [-0.2, 0) is 9.59 Å². The number of rotatable bonds is 2. The van der Waals surface area contributed by atoms with Crippen LogP contribution in [0.2, 0.25) is 0 Å². The topological polar surface area (TPSA) is 46.2 Å². The number of benzene rings is 1. The van der Waals surface area contributed by atoms with E-state index in [-0.39, 0.29) is 0 Å². The molecule has 0 saturated carbocycles. The number of ketones is 1. The zero-order chi connectivity index (χ0) is 10.7. The maximum Gasteiger partial charge on any atom is 0.291 e. The molecule has 1 N–H and O–H groups in total. The van der Waals surface area contributed by atoms with Crippen LogP contribution in [0.5, 0.6) is 0 Å². The van der Waals surface area contributed by atoms with E-state index in [0.29, 0.717) is 5.69 Å². The maximum atomic E-state index is 11.0. The van der Waals surface area contributed by atoms with Gasteiger partial charge in [0.1, 0.15) is 0 Å². The molecule has 0 fully saturated rings. The van der Waals surface area contributed by atoms with E-state index in [9.17, 15) is 9.59 Å². The largest absolute Gasteiger partial charge is 0.319 e. The molecule has 0 aliphatic heterocycles. The molecule has 0 aliphatic carbocycles. The highest BCUT2D eigenvalue weighted by Crippen LogP contribution is 2.13. The minimum Gasteiger partial charge on any atom is -0.319 e. The molecular weight excluding hydrogens is 178 g/mol. The number of amides is 1. The van der Waals surface area contributed by atoms with Gasteiger partial charge in [-0.25, -0.2) is 0 Å². The van der Waals surface area contributed by atoms with Crippen LogP contribution in [0.15, 0.2) is 18.2 Å². The first kappa shape index (κ1) is 10.4. The van der Waals surface area contributed by atoms with Crippen LogP contribution in [0, 0.1) is 13.8 Å². The summed E-state index contributed by atoms with van der Waals surface area (Å²) in [4.78, 5) is 21.7. The van der Waals surface area contributed by atoms with Crippen LogP contribution >= 0.6 is 0 Å². The molecule has 0 aliphatic rings. The summed E-state index contributed by atoms with van der Waals surface area (Å²) in [6.07, 6.45) is 0. The normalized spacial score (nSPS) is 9.64. The lowest BCUT2D eigenvalue weighted by molar-refractivity contribution is -0.133. The van der Waals surface area contributed by atoms with Crippen molar-refractivity contribution in [2.24, 2.45) is 0 Å². The molecule has 14 heavy (non-hydrogen) atoms. The average Bonchev–Trinajstić information content (AvgIpc) is 2.11. The minimum atomic E-state index is -0.576. The molecule has 0 aromatic heterocycles. The van der Waals surface area contributed by atoms with Crippen LogP contribution < -0.4 is 5.32 Å². The molecule has 0 radical (unpaired) electrons. The number of nitrogens with one attached hydrogen (secondary N) is 1. The molecule has 0 bridgehead atoms. The van der Waals surface area contributed by atoms with E-state index in [2.05, 4.69) is 5.32 Å². The number of Topliss-reactive ketones (excluding diaryl/α,β-unsaturated/α-hetero) is 1. The third-order valence-corrected chi connectivity index (χ3v) is 2.08. The molecule has 1 rings (SSSR count). The summed E-state index contributed by atoms with van der Waals surface area (Å²) in [6.45, 7) is 5.20. The van der Waals surface area contributed by atoms with Crippen LogP contribution in [0.1, 0.15) is 18.1 Å². The van der Waals surface area contributed by atoms with Crippen molar-refractivity contribution in [1.82, 2.24) is 0 Å². The molecular formula is C11H13NO2. The number of anilines is 1. The van der Waals surface area contributed by atoms with Crippen molar-refractivity contribution >= 4 is 17.4 Å². The molecule has 1 aromatic carbocycles. The summed E-state index contributed by atoms with van der Waals surface area (Å²) < 4.78 is 0. The fourth-order valence-electron chi connectivity index (χ4n) is 1.04. The number of aryl methyl sites for hydroxylation is 2. The average molecular weight is 191 g/mol. The molecule has 3 nitrogen and oxygen atoms in total. The third kappa shape index (κ3) is 2.42. The first-order chi connectivity index (χ1) is 6.50. The number of carbonyl (C=O) groups is 2. The highest BCUT2D eigenvalue weighted by atomic mass is 16.2. The maximum absolute atomic E-state index is 11.0. The first-order valence-electron chi connectivity index (χ1n) is 4.40. The van der Waals surface area contributed by atoms with E-state index in [1.54, 1.807) is 6.07 Å². The molecule has 0 unspecified atom stereocenters. The van der Waals surface area contributed by atoms with Gasteiger partial charge in [0.2, 0.25) is 5.78 Å². The Kier molecular flexibility index (Phi) is 3.02. The lowest BCUT2D eigenvalue weighted by Gasteiger charge is -2.05. The second-order valence-electron chi connectivity index (χ2n) is 3.31. The Hall–Kier alpha value is -1.64. The second kappa shape index (κ2) is 4.05. The van der Waals surface area contributed by atoms with Crippen LogP contribution in [0.25, 0.3) is 0 Å². The van der Waals surface area contributed by atoms with E-state index in [0.717, 1.165) is 11.1 Å². The van der Waals surface area contributed by atoms with Gasteiger partial charge in [-0.3, -0.25) is 9.59 Å². The van der Waals surface area contributed by atoms with Crippen LogP contribution in [0.4, 0.5) is 5.69 Å². The Bertz CT molecular complexity index is 383. The van der Waals surface area contributed by atoms with Gasteiger partial charge in [-0.2, -0.15) is 0 Å². The summed E-state index contributed by atoms with van der Waals surface area (Å²) in [5, 5.41) is 2.52. The van der Waals surface area contributed by atoms with Crippen molar-refractivity contribution in [1.29, 1.82) is 0 Å². The molecule has 0 spiro atoms. The Morgan fingerprint density at radius 2 is 1.79 bits per heavy atom. The lowest BCUT2D eigenvalue weighted by Crippen LogP contribution is -2.19. The Morgan fingerprint density at radius 3 is 2.29 bits per heavy atom. The van der Waals surface area contributed by atoms with Gasteiger partial charge in [-0.1, -0.05) is 6.07 Å². The van der Waals surface area contributed by atoms with Gasteiger partial charge < -0.3 is 5.32 Å². The second-order valence-corrected chi connectivity index (χ2v) is 3.31. The van der Waals surface area contributed by atoms with Crippen molar-refractivity contribution < 1.29 is 9.59 Å². The number of hydrogen-bond acceptors (Lipinski definition) is 2.